The van der Waals surface area contributed by atoms with Crippen LogP contribution in [0.2, 0.25) is 10.0 Å². The van der Waals surface area contributed by atoms with Gasteiger partial charge in [0.25, 0.3) is 0 Å². The van der Waals surface area contributed by atoms with Gasteiger partial charge >= 0.3 is 15.5 Å². The van der Waals surface area contributed by atoms with Crippen molar-refractivity contribution in [3.63, 3.8) is 0 Å². The Kier molecular flexibility index (Phi) is 7.22. The molecule has 2 rings (SSSR count). The van der Waals surface area contributed by atoms with Crippen molar-refractivity contribution in [2.45, 2.75) is 17.5 Å². The standard InChI is InChI=1S/C17H17Cl2F3N2O3S/c1-23-9-13(10-5-6-14(18)15(19)8-10)16(25)11-3-2-4-12(7-11)24-28(26,27)17(20,21)22/h2-8,13,16,23-25H,9H2,1H3/t13-,16+/m1/s1. The van der Waals surface area contributed by atoms with Crippen molar-refractivity contribution in [2.24, 2.45) is 0 Å². The van der Waals surface area contributed by atoms with Crippen LogP contribution in [0.3, 0.4) is 0 Å². The summed E-state index contributed by atoms with van der Waals surface area (Å²) in [5.74, 6) is -0.519. The van der Waals surface area contributed by atoms with Crippen LogP contribution in [0, 0.1) is 0 Å². The number of benzene rings is 2. The van der Waals surface area contributed by atoms with Crippen molar-refractivity contribution in [3.8, 4) is 0 Å². The zero-order valence-electron chi connectivity index (χ0n) is 14.5. The maximum absolute atomic E-state index is 12.6. The van der Waals surface area contributed by atoms with Crippen molar-refractivity contribution in [1.29, 1.82) is 0 Å². The molecule has 154 valence electrons. The fraction of sp³-hybridized carbons (Fsp3) is 0.294. The molecule has 0 aliphatic rings. The Morgan fingerprint density at radius 3 is 2.32 bits per heavy atom. The molecule has 0 aliphatic heterocycles. The number of hydrogen-bond donors (Lipinski definition) is 3. The Labute approximate surface area is 170 Å². The molecule has 0 bridgehead atoms. The summed E-state index contributed by atoms with van der Waals surface area (Å²) in [7, 11) is -3.89. The maximum Gasteiger partial charge on any atom is 0.516 e. The van der Waals surface area contributed by atoms with Gasteiger partial charge in [-0.15, -0.1) is 0 Å². The van der Waals surface area contributed by atoms with Crippen LogP contribution in [0.5, 0.6) is 0 Å². The van der Waals surface area contributed by atoms with E-state index in [-0.39, 0.29) is 11.3 Å². The highest BCUT2D eigenvalue weighted by molar-refractivity contribution is 7.93. The first-order valence-electron chi connectivity index (χ1n) is 7.93. The molecule has 5 nitrogen and oxygen atoms in total. The molecule has 0 fully saturated rings. The van der Waals surface area contributed by atoms with Gasteiger partial charge in [-0.1, -0.05) is 41.4 Å². The average Bonchev–Trinajstić information content (AvgIpc) is 2.60. The number of halogens is 5. The zero-order valence-corrected chi connectivity index (χ0v) is 16.8. The molecule has 3 N–H and O–H groups in total. The van der Waals surface area contributed by atoms with E-state index in [1.165, 1.54) is 16.9 Å². The zero-order chi connectivity index (χ0) is 21.1. The smallest absolute Gasteiger partial charge is 0.388 e. The van der Waals surface area contributed by atoms with Gasteiger partial charge < -0.3 is 10.4 Å². The monoisotopic (exact) mass is 456 g/mol. The molecule has 0 saturated carbocycles. The van der Waals surface area contributed by atoms with E-state index in [2.05, 4.69) is 5.32 Å². The average molecular weight is 457 g/mol. The van der Waals surface area contributed by atoms with Gasteiger partial charge in [-0.3, -0.25) is 4.72 Å². The highest BCUT2D eigenvalue weighted by Gasteiger charge is 2.46. The SMILES string of the molecule is CNC[C@H](c1ccc(Cl)c(Cl)c1)[C@@H](O)c1cccc(NS(=O)(=O)C(F)(F)F)c1. The minimum atomic E-state index is -5.56. The third kappa shape index (κ3) is 5.30. The Bertz CT molecular complexity index is 939. The van der Waals surface area contributed by atoms with E-state index in [0.717, 1.165) is 12.1 Å². The molecule has 2 atom stereocenters. The van der Waals surface area contributed by atoms with E-state index in [1.54, 1.807) is 25.2 Å². The summed E-state index contributed by atoms with van der Waals surface area (Å²) in [5.41, 5.74) is -4.88. The van der Waals surface area contributed by atoms with Gasteiger partial charge in [0, 0.05) is 18.2 Å². The van der Waals surface area contributed by atoms with Gasteiger partial charge in [0.05, 0.1) is 16.1 Å². The van der Waals surface area contributed by atoms with Gasteiger partial charge in [-0.05, 0) is 42.4 Å². The largest absolute Gasteiger partial charge is 0.516 e. The highest BCUT2D eigenvalue weighted by atomic mass is 35.5. The summed E-state index contributed by atoms with van der Waals surface area (Å²) in [5, 5.41) is 14.3. The lowest BCUT2D eigenvalue weighted by Gasteiger charge is -2.24. The number of likely N-dealkylation sites (N-methyl/N-ethyl adjacent to an activating group) is 1. The van der Waals surface area contributed by atoms with Gasteiger partial charge in [0.2, 0.25) is 0 Å². The fourth-order valence-corrected chi connectivity index (χ4v) is 3.47. The first-order valence-corrected chi connectivity index (χ1v) is 10.2. The van der Waals surface area contributed by atoms with Crippen LogP contribution in [-0.4, -0.2) is 32.6 Å². The summed E-state index contributed by atoms with van der Waals surface area (Å²) in [6, 6.07) is 9.97. The van der Waals surface area contributed by atoms with Crippen LogP contribution in [0.25, 0.3) is 0 Å². The number of anilines is 1. The quantitative estimate of drug-likeness (QED) is 0.580. The lowest BCUT2D eigenvalue weighted by atomic mass is 9.89. The molecule has 0 radical (unpaired) electrons. The van der Waals surface area contributed by atoms with E-state index in [0.29, 0.717) is 22.2 Å². The van der Waals surface area contributed by atoms with E-state index in [1.807, 2.05) is 0 Å². The van der Waals surface area contributed by atoms with Crippen LogP contribution in [0.15, 0.2) is 42.5 Å². The lowest BCUT2D eigenvalue weighted by molar-refractivity contribution is -0.0429. The second-order valence-corrected chi connectivity index (χ2v) is 8.45. The van der Waals surface area contributed by atoms with E-state index in [4.69, 9.17) is 23.2 Å². The number of aliphatic hydroxyl groups is 1. The Hall–Kier alpha value is -1.52. The molecule has 2 aromatic carbocycles. The van der Waals surface area contributed by atoms with Gasteiger partial charge in [-0.2, -0.15) is 21.6 Å². The molecule has 0 aliphatic carbocycles. The number of nitrogens with one attached hydrogen (secondary N) is 2. The Morgan fingerprint density at radius 2 is 1.75 bits per heavy atom. The van der Waals surface area contributed by atoms with Crippen molar-refractivity contribution in [2.75, 3.05) is 18.3 Å². The number of aliphatic hydroxyl groups excluding tert-OH is 1. The van der Waals surface area contributed by atoms with Gasteiger partial charge in [0.1, 0.15) is 0 Å². The summed E-state index contributed by atoms with van der Waals surface area (Å²) in [6.07, 6.45) is -1.15. The summed E-state index contributed by atoms with van der Waals surface area (Å²) >= 11 is 11.9. The van der Waals surface area contributed by atoms with E-state index >= 15 is 0 Å². The summed E-state index contributed by atoms with van der Waals surface area (Å²) in [6.45, 7) is 0.317. The van der Waals surface area contributed by atoms with Crippen LogP contribution in [0.4, 0.5) is 18.9 Å². The van der Waals surface area contributed by atoms with Crippen molar-refractivity contribution < 1.29 is 26.7 Å². The minimum Gasteiger partial charge on any atom is -0.388 e. The van der Waals surface area contributed by atoms with Gasteiger partial charge in [-0.25, -0.2) is 0 Å². The molecular weight excluding hydrogens is 440 g/mol. The number of alkyl halides is 3. The predicted molar refractivity (Wildman–Crippen MR) is 103 cm³/mol. The first-order chi connectivity index (χ1) is 13.0. The second-order valence-electron chi connectivity index (χ2n) is 5.96. The number of hydrogen-bond acceptors (Lipinski definition) is 4. The summed E-state index contributed by atoms with van der Waals surface area (Å²) < 4.78 is 61.8. The fourth-order valence-electron chi connectivity index (χ4n) is 2.61. The molecule has 0 spiro atoms. The Morgan fingerprint density at radius 1 is 1.07 bits per heavy atom. The topological polar surface area (TPSA) is 78.4 Å². The minimum absolute atomic E-state index is 0.230. The molecule has 0 heterocycles. The van der Waals surface area contributed by atoms with Gasteiger partial charge in [0.15, 0.2) is 0 Å². The molecule has 0 aromatic heterocycles. The molecule has 11 heteroatoms. The van der Waals surface area contributed by atoms with Crippen LogP contribution in [-0.2, 0) is 10.0 Å². The van der Waals surface area contributed by atoms with Crippen LogP contribution >= 0.6 is 23.2 Å². The molecular formula is C17H17Cl2F3N2O3S. The van der Waals surface area contributed by atoms with Crippen molar-refractivity contribution in [1.82, 2.24) is 5.32 Å². The van der Waals surface area contributed by atoms with Crippen molar-refractivity contribution in [3.05, 3.63) is 63.6 Å². The normalized spacial score (nSPS) is 14.5. The first kappa shape index (κ1) is 22.8. The van der Waals surface area contributed by atoms with Crippen LogP contribution in [0.1, 0.15) is 23.1 Å². The lowest BCUT2D eigenvalue weighted by Crippen LogP contribution is -2.30. The third-order valence-corrected chi connectivity index (χ3v) is 5.81. The number of rotatable bonds is 7. The highest BCUT2D eigenvalue weighted by Crippen LogP contribution is 2.35. The molecule has 2 aromatic rings. The second kappa shape index (κ2) is 8.87. The van der Waals surface area contributed by atoms with Crippen molar-refractivity contribution >= 4 is 38.9 Å². The van der Waals surface area contributed by atoms with E-state index in [9.17, 15) is 26.7 Å². The molecule has 0 amide bonds. The Balaban J connectivity index is 2.35. The number of sulfonamides is 1. The predicted octanol–water partition coefficient (Wildman–Crippen LogP) is 4.29. The van der Waals surface area contributed by atoms with E-state index < -0.39 is 27.6 Å². The molecule has 28 heavy (non-hydrogen) atoms. The summed E-state index contributed by atoms with van der Waals surface area (Å²) in [4.78, 5) is 0. The third-order valence-electron chi connectivity index (χ3n) is 3.96. The molecule has 0 saturated heterocycles. The van der Waals surface area contributed by atoms with Crippen LogP contribution < -0.4 is 10.0 Å². The molecule has 0 unspecified atom stereocenters. The maximum atomic E-state index is 12.6.